The Morgan fingerprint density at radius 1 is 1.35 bits per heavy atom. The van der Waals surface area contributed by atoms with Crippen LogP contribution in [-0.2, 0) is 0 Å². The molecule has 2 heterocycles. The largest absolute Gasteiger partial charge is 0.477 e. The SMILES string of the molecule is O=C(O)c1cncn1-c1ccc2c(c1)OCO2. The third-order valence-corrected chi connectivity index (χ3v) is 2.49. The molecule has 0 saturated heterocycles. The molecule has 0 saturated carbocycles. The summed E-state index contributed by atoms with van der Waals surface area (Å²) >= 11 is 0. The Morgan fingerprint density at radius 2 is 2.18 bits per heavy atom. The molecule has 2 aromatic rings. The molecule has 0 radical (unpaired) electrons. The lowest BCUT2D eigenvalue weighted by atomic mass is 10.2. The van der Waals surface area contributed by atoms with Crippen molar-refractivity contribution in [1.29, 1.82) is 0 Å². The number of hydrogen-bond donors (Lipinski definition) is 1. The number of hydrogen-bond acceptors (Lipinski definition) is 4. The van der Waals surface area contributed by atoms with Crippen LogP contribution in [0.4, 0.5) is 0 Å². The number of nitrogens with zero attached hydrogens (tertiary/aromatic N) is 2. The molecule has 0 unspecified atom stereocenters. The van der Waals surface area contributed by atoms with Crippen molar-refractivity contribution in [3.63, 3.8) is 0 Å². The predicted molar refractivity (Wildman–Crippen MR) is 56.6 cm³/mol. The number of benzene rings is 1. The van der Waals surface area contributed by atoms with E-state index in [1.807, 2.05) is 0 Å². The highest BCUT2D eigenvalue weighted by molar-refractivity contribution is 5.86. The molecule has 0 spiro atoms. The van der Waals surface area contributed by atoms with E-state index in [0.29, 0.717) is 17.2 Å². The second-order valence-electron chi connectivity index (χ2n) is 3.49. The third kappa shape index (κ3) is 1.50. The van der Waals surface area contributed by atoms with Gasteiger partial charge < -0.3 is 14.6 Å². The minimum Gasteiger partial charge on any atom is -0.477 e. The van der Waals surface area contributed by atoms with E-state index in [-0.39, 0.29) is 12.5 Å². The number of aromatic carboxylic acids is 1. The Hall–Kier alpha value is -2.50. The van der Waals surface area contributed by atoms with Gasteiger partial charge in [-0.15, -0.1) is 0 Å². The molecule has 1 aromatic carbocycles. The molecule has 1 N–H and O–H groups in total. The average Bonchev–Trinajstić information content (AvgIpc) is 2.96. The van der Waals surface area contributed by atoms with E-state index in [2.05, 4.69) is 4.98 Å². The molecule has 0 aliphatic carbocycles. The Labute approximate surface area is 96.0 Å². The van der Waals surface area contributed by atoms with E-state index in [1.54, 1.807) is 18.2 Å². The summed E-state index contributed by atoms with van der Waals surface area (Å²) in [5.41, 5.74) is 0.771. The minimum atomic E-state index is -1.03. The maximum Gasteiger partial charge on any atom is 0.354 e. The van der Waals surface area contributed by atoms with Gasteiger partial charge in [-0.25, -0.2) is 9.78 Å². The van der Waals surface area contributed by atoms with Crippen molar-refractivity contribution in [3.05, 3.63) is 36.4 Å². The lowest BCUT2D eigenvalue weighted by molar-refractivity contribution is 0.0688. The van der Waals surface area contributed by atoms with E-state index in [9.17, 15) is 4.79 Å². The van der Waals surface area contributed by atoms with E-state index in [1.165, 1.54) is 17.1 Å². The first-order valence-electron chi connectivity index (χ1n) is 4.91. The summed E-state index contributed by atoms with van der Waals surface area (Å²) in [6.45, 7) is 0.189. The van der Waals surface area contributed by atoms with E-state index in [0.717, 1.165) is 0 Å². The summed E-state index contributed by atoms with van der Waals surface area (Å²) in [6, 6.07) is 5.21. The maximum absolute atomic E-state index is 11.0. The molecule has 1 aromatic heterocycles. The van der Waals surface area contributed by atoms with Gasteiger partial charge in [0.1, 0.15) is 0 Å². The zero-order valence-electron chi connectivity index (χ0n) is 8.66. The van der Waals surface area contributed by atoms with Crippen LogP contribution in [0.3, 0.4) is 0 Å². The smallest absolute Gasteiger partial charge is 0.354 e. The molecule has 17 heavy (non-hydrogen) atoms. The first kappa shape index (κ1) is 9.71. The number of carboxylic acid groups (broad SMARTS) is 1. The van der Waals surface area contributed by atoms with Gasteiger partial charge in [-0.05, 0) is 12.1 Å². The maximum atomic E-state index is 11.0. The number of aromatic nitrogens is 2. The van der Waals surface area contributed by atoms with Crippen molar-refractivity contribution in [2.75, 3.05) is 6.79 Å². The Bertz CT molecular complexity index is 591. The highest BCUT2D eigenvalue weighted by Gasteiger charge is 2.16. The van der Waals surface area contributed by atoms with Crippen LogP contribution < -0.4 is 9.47 Å². The van der Waals surface area contributed by atoms with Crippen LogP contribution in [0.25, 0.3) is 5.69 Å². The topological polar surface area (TPSA) is 73.6 Å². The van der Waals surface area contributed by atoms with Crippen molar-refractivity contribution in [1.82, 2.24) is 9.55 Å². The minimum absolute atomic E-state index is 0.101. The van der Waals surface area contributed by atoms with Gasteiger partial charge in [-0.1, -0.05) is 0 Å². The zero-order chi connectivity index (χ0) is 11.8. The molecule has 0 amide bonds. The number of ether oxygens (including phenoxy) is 2. The van der Waals surface area contributed by atoms with Gasteiger partial charge in [0.25, 0.3) is 0 Å². The van der Waals surface area contributed by atoms with Crippen LogP contribution in [0.5, 0.6) is 11.5 Å². The molecule has 86 valence electrons. The number of carbonyl (C=O) groups is 1. The number of imidazole rings is 1. The van der Waals surface area contributed by atoms with Gasteiger partial charge in [0.2, 0.25) is 6.79 Å². The predicted octanol–water partition coefficient (Wildman–Crippen LogP) is 1.30. The summed E-state index contributed by atoms with van der Waals surface area (Å²) in [6.07, 6.45) is 2.74. The highest BCUT2D eigenvalue weighted by atomic mass is 16.7. The molecule has 1 aliphatic heterocycles. The normalized spacial score (nSPS) is 12.7. The molecule has 6 nitrogen and oxygen atoms in total. The van der Waals surface area contributed by atoms with Crippen LogP contribution in [-0.4, -0.2) is 27.4 Å². The fraction of sp³-hybridized carbons (Fsp3) is 0.0909. The van der Waals surface area contributed by atoms with Crippen LogP contribution >= 0.6 is 0 Å². The van der Waals surface area contributed by atoms with Gasteiger partial charge >= 0.3 is 5.97 Å². The Kier molecular flexibility index (Phi) is 2.01. The first-order chi connectivity index (χ1) is 8.25. The monoisotopic (exact) mass is 232 g/mol. The third-order valence-electron chi connectivity index (χ3n) is 2.49. The average molecular weight is 232 g/mol. The Morgan fingerprint density at radius 3 is 3.00 bits per heavy atom. The molecule has 0 fully saturated rings. The van der Waals surface area contributed by atoms with Crippen LogP contribution in [0.15, 0.2) is 30.7 Å². The van der Waals surface area contributed by atoms with Gasteiger partial charge in [0.15, 0.2) is 17.2 Å². The van der Waals surface area contributed by atoms with Crippen molar-refractivity contribution < 1.29 is 19.4 Å². The molecular weight excluding hydrogens is 224 g/mol. The standard InChI is InChI=1S/C11H8N2O4/c14-11(15)8-4-12-5-13(8)7-1-2-9-10(3-7)17-6-16-9/h1-5H,6H2,(H,14,15). The highest BCUT2D eigenvalue weighted by Crippen LogP contribution is 2.33. The number of fused-ring (bicyclic) bond motifs is 1. The van der Waals surface area contributed by atoms with Gasteiger partial charge in [-0.2, -0.15) is 0 Å². The Balaban J connectivity index is 2.09. The second kappa shape index (κ2) is 3.51. The van der Waals surface area contributed by atoms with Crippen molar-refractivity contribution in [2.45, 2.75) is 0 Å². The summed E-state index contributed by atoms with van der Waals surface area (Å²) in [7, 11) is 0. The van der Waals surface area contributed by atoms with Gasteiger partial charge in [0, 0.05) is 6.07 Å². The van der Waals surface area contributed by atoms with Crippen molar-refractivity contribution in [3.8, 4) is 17.2 Å². The fourth-order valence-electron chi connectivity index (χ4n) is 1.69. The van der Waals surface area contributed by atoms with E-state index < -0.39 is 5.97 Å². The molecule has 3 rings (SSSR count). The number of rotatable bonds is 2. The lowest BCUT2D eigenvalue weighted by Gasteiger charge is -2.05. The quantitative estimate of drug-likeness (QED) is 0.844. The van der Waals surface area contributed by atoms with E-state index >= 15 is 0 Å². The summed E-state index contributed by atoms with van der Waals surface area (Å²) in [4.78, 5) is 14.8. The number of carboxylic acids is 1. The first-order valence-corrected chi connectivity index (χ1v) is 4.91. The molecule has 6 heteroatoms. The summed E-state index contributed by atoms with van der Waals surface area (Å²) in [5.74, 6) is 0.235. The van der Waals surface area contributed by atoms with Gasteiger partial charge in [0.05, 0.1) is 18.2 Å². The summed E-state index contributed by atoms with van der Waals surface area (Å²) in [5, 5.41) is 8.99. The second-order valence-corrected chi connectivity index (χ2v) is 3.49. The summed E-state index contributed by atoms with van der Waals surface area (Å²) < 4.78 is 11.9. The molecular formula is C11H8N2O4. The van der Waals surface area contributed by atoms with Crippen LogP contribution in [0.2, 0.25) is 0 Å². The fourth-order valence-corrected chi connectivity index (χ4v) is 1.69. The van der Waals surface area contributed by atoms with Crippen LogP contribution in [0, 0.1) is 0 Å². The van der Waals surface area contributed by atoms with E-state index in [4.69, 9.17) is 14.6 Å². The molecule has 1 aliphatic rings. The molecule has 0 bridgehead atoms. The zero-order valence-corrected chi connectivity index (χ0v) is 8.66. The van der Waals surface area contributed by atoms with Gasteiger partial charge in [-0.3, -0.25) is 4.57 Å². The van der Waals surface area contributed by atoms with Crippen LogP contribution in [0.1, 0.15) is 10.5 Å². The van der Waals surface area contributed by atoms with Crippen molar-refractivity contribution >= 4 is 5.97 Å². The lowest BCUT2D eigenvalue weighted by Crippen LogP contribution is -2.05. The van der Waals surface area contributed by atoms with Crippen molar-refractivity contribution in [2.24, 2.45) is 0 Å². The molecule has 0 atom stereocenters.